The Bertz CT molecular complexity index is 583. The van der Waals surface area contributed by atoms with Gasteiger partial charge >= 0.3 is 5.97 Å². The maximum absolute atomic E-state index is 12.0. The van der Waals surface area contributed by atoms with Crippen molar-refractivity contribution in [3.05, 3.63) is 29.3 Å². The quantitative estimate of drug-likeness (QED) is 0.883. The van der Waals surface area contributed by atoms with Gasteiger partial charge < -0.3 is 9.84 Å². The van der Waals surface area contributed by atoms with E-state index < -0.39 is 11.6 Å². The van der Waals surface area contributed by atoms with Crippen LogP contribution in [0, 0.1) is 0 Å². The van der Waals surface area contributed by atoms with E-state index in [1.807, 2.05) is 24.3 Å². The molecule has 1 aromatic heterocycles. The molecule has 0 atom stereocenters. The second kappa shape index (κ2) is 5.50. The molecule has 0 amide bonds. The number of para-hydroxylation sites is 1. The molecule has 0 saturated heterocycles. The Morgan fingerprint density at radius 2 is 2.05 bits per heavy atom. The fourth-order valence-electron chi connectivity index (χ4n) is 2.58. The van der Waals surface area contributed by atoms with Gasteiger partial charge in [0.15, 0.2) is 5.60 Å². The second-order valence-electron chi connectivity index (χ2n) is 5.24. The molecule has 4 nitrogen and oxygen atoms in total. The average Bonchev–Trinajstić information content (AvgIpc) is 2.88. The van der Waals surface area contributed by atoms with Crippen LogP contribution in [0.4, 0.5) is 0 Å². The van der Waals surface area contributed by atoms with Crippen molar-refractivity contribution in [2.75, 3.05) is 0 Å². The third-order valence-electron chi connectivity index (χ3n) is 3.73. The molecule has 0 spiro atoms. The summed E-state index contributed by atoms with van der Waals surface area (Å²) in [6, 6.07) is 7.82. The molecule has 1 heterocycles. The van der Waals surface area contributed by atoms with Crippen molar-refractivity contribution >= 4 is 27.5 Å². The molecule has 20 heavy (non-hydrogen) atoms. The van der Waals surface area contributed by atoms with E-state index in [1.165, 1.54) is 11.3 Å². The molecule has 1 fully saturated rings. The van der Waals surface area contributed by atoms with E-state index in [-0.39, 0.29) is 6.61 Å². The highest BCUT2D eigenvalue weighted by atomic mass is 32.1. The first kappa shape index (κ1) is 13.5. The highest BCUT2D eigenvalue weighted by Gasteiger charge is 2.38. The maximum atomic E-state index is 12.0. The molecule has 5 heteroatoms. The van der Waals surface area contributed by atoms with Gasteiger partial charge in [-0.1, -0.05) is 18.6 Å². The normalized spacial score (nSPS) is 18.1. The van der Waals surface area contributed by atoms with Crippen LogP contribution >= 0.6 is 11.3 Å². The Labute approximate surface area is 121 Å². The zero-order valence-electron chi connectivity index (χ0n) is 11.2. The number of aromatic nitrogens is 1. The van der Waals surface area contributed by atoms with Crippen LogP contribution < -0.4 is 0 Å². The van der Waals surface area contributed by atoms with E-state index in [2.05, 4.69) is 4.98 Å². The minimum atomic E-state index is -1.28. The SMILES string of the molecule is O=C(OCc1nc2ccccc2s1)C1(O)CCCCC1. The molecule has 2 aromatic rings. The van der Waals surface area contributed by atoms with Crippen LogP contribution in [0.1, 0.15) is 37.1 Å². The van der Waals surface area contributed by atoms with Crippen LogP contribution in [0.3, 0.4) is 0 Å². The molecule has 3 rings (SSSR count). The first-order valence-corrected chi connectivity index (χ1v) is 7.73. The summed E-state index contributed by atoms with van der Waals surface area (Å²) in [6.45, 7) is 0.139. The molecule has 0 unspecified atom stereocenters. The molecule has 106 valence electrons. The summed E-state index contributed by atoms with van der Waals surface area (Å²) in [5.41, 5.74) is -0.366. The van der Waals surface area contributed by atoms with Gasteiger partial charge in [-0.25, -0.2) is 9.78 Å². The first-order chi connectivity index (χ1) is 9.67. The summed E-state index contributed by atoms with van der Waals surface area (Å²) in [4.78, 5) is 16.4. The van der Waals surface area contributed by atoms with E-state index in [1.54, 1.807) is 0 Å². The van der Waals surface area contributed by atoms with Gasteiger partial charge in [-0.3, -0.25) is 0 Å². The van der Waals surface area contributed by atoms with E-state index in [0.717, 1.165) is 34.5 Å². The van der Waals surface area contributed by atoms with Crippen LogP contribution in [-0.2, 0) is 16.1 Å². The molecule has 1 N–H and O–H groups in total. The summed E-state index contributed by atoms with van der Waals surface area (Å²) in [5, 5.41) is 11.0. The maximum Gasteiger partial charge on any atom is 0.338 e. The number of fused-ring (bicyclic) bond motifs is 1. The molecule has 1 aliphatic carbocycles. The predicted molar refractivity (Wildman–Crippen MR) is 77.5 cm³/mol. The Kier molecular flexibility index (Phi) is 3.72. The number of hydrogen-bond donors (Lipinski definition) is 1. The molecule has 0 bridgehead atoms. The number of carbonyl (C=O) groups is 1. The summed E-state index contributed by atoms with van der Waals surface area (Å²) in [6.07, 6.45) is 3.85. The first-order valence-electron chi connectivity index (χ1n) is 6.91. The van der Waals surface area contributed by atoms with Gasteiger partial charge in [0.25, 0.3) is 0 Å². The topological polar surface area (TPSA) is 59.4 Å². The minimum Gasteiger partial charge on any atom is -0.456 e. The van der Waals surface area contributed by atoms with E-state index in [4.69, 9.17) is 4.74 Å². The zero-order valence-corrected chi connectivity index (χ0v) is 12.0. The standard InChI is InChI=1S/C15H17NO3S/c17-14(15(18)8-4-1-5-9-15)19-10-13-16-11-6-2-3-7-12(11)20-13/h2-3,6-7,18H,1,4-5,8-10H2. The highest BCUT2D eigenvalue weighted by Crippen LogP contribution is 2.30. The zero-order chi connectivity index (χ0) is 14.0. The van der Waals surface area contributed by atoms with Crippen molar-refractivity contribution in [3.63, 3.8) is 0 Å². The van der Waals surface area contributed by atoms with Gasteiger partial charge in [0.05, 0.1) is 10.2 Å². The Morgan fingerprint density at radius 1 is 1.30 bits per heavy atom. The van der Waals surface area contributed by atoms with Gasteiger partial charge in [0, 0.05) is 0 Å². The van der Waals surface area contributed by atoms with Gasteiger partial charge in [0.2, 0.25) is 0 Å². The van der Waals surface area contributed by atoms with Gasteiger partial charge in [-0.05, 0) is 37.8 Å². The molecule has 1 saturated carbocycles. The molecule has 1 aromatic carbocycles. The van der Waals surface area contributed by atoms with Crippen molar-refractivity contribution in [2.24, 2.45) is 0 Å². The summed E-state index contributed by atoms with van der Waals surface area (Å²) in [5.74, 6) is -0.503. The van der Waals surface area contributed by atoms with E-state index >= 15 is 0 Å². The number of benzene rings is 1. The molecular formula is C15H17NO3S. The van der Waals surface area contributed by atoms with E-state index in [9.17, 15) is 9.90 Å². The summed E-state index contributed by atoms with van der Waals surface area (Å²) >= 11 is 1.51. The lowest BCUT2D eigenvalue weighted by Gasteiger charge is -2.29. The minimum absolute atomic E-state index is 0.139. The number of esters is 1. The van der Waals surface area contributed by atoms with Crippen molar-refractivity contribution in [3.8, 4) is 0 Å². The number of ether oxygens (including phenoxy) is 1. The Morgan fingerprint density at radius 3 is 2.80 bits per heavy atom. The summed E-state index contributed by atoms with van der Waals surface area (Å²) < 4.78 is 6.34. The van der Waals surface area contributed by atoms with Crippen LogP contribution in [0.2, 0.25) is 0 Å². The number of rotatable bonds is 3. The van der Waals surface area contributed by atoms with Crippen molar-refractivity contribution in [2.45, 2.75) is 44.3 Å². The molecule has 1 aliphatic rings. The van der Waals surface area contributed by atoms with Gasteiger partial charge in [-0.2, -0.15) is 0 Å². The Hall–Kier alpha value is -1.46. The van der Waals surface area contributed by atoms with Crippen molar-refractivity contribution in [1.29, 1.82) is 0 Å². The Balaban J connectivity index is 1.65. The molecular weight excluding hydrogens is 274 g/mol. The van der Waals surface area contributed by atoms with Crippen molar-refractivity contribution < 1.29 is 14.6 Å². The van der Waals surface area contributed by atoms with Crippen LogP contribution in [0.15, 0.2) is 24.3 Å². The number of nitrogens with zero attached hydrogens (tertiary/aromatic N) is 1. The molecule has 0 aliphatic heterocycles. The van der Waals surface area contributed by atoms with Crippen LogP contribution in [0.5, 0.6) is 0 Å². The number of hydrogen-bond acceptors (Lipinski definition) is 5. The third-order valence-corrected chi connectivity index (χ3v) is 4.74. The van der Waals surface area contributed by atoms with Crippen molar-refractivity contribution in [1.82, 2.24) is 4.98 Å². The lowest BCUT2D eigenvalue weighted by molar-refractivity contribution is -0.170. The fraction of sp³-hybridized carbons (Fsp3) is 0.467. The smallest absolute Gasteiger partial charge is 0.338 e. The van der Waals surface area contributed by atoms with Gasteiger partial charge in [0.1, 0.15) is 11.6 Å². The lowest BCUT2D eigenvalue weighted by atomic mass is 9.85. The second-order valence-corrected chi connectivity index (χ2v) is 6.36. The van der Waals surface area contributed by atoms with Crippen LogP contribution in [0.25, 0.3) is 10.2 Å². The number of thiazole rings is 1. The highest BCUT2D eigenvalue weighted by molar-refractivity contribution is 7.18. The summed E-state index contributed by atoms with van der Waals surface area (Å²) in [7, 11) is 0. The largest absolute Gasteiger partial charge is 0.456 e. The fourth-order valence-corrected chi connectivity index (χ4v) is 3.46. The number of aliphatic hydroxyl groups is 1. The van der Waals surface area contributed by atoms with Crippen LogP contribution in [-0.4, -0.2) is 21.7 Å². The monoisotopic (exact) mass is 291 g/mol. The lowest BCUT2D eigenvalue weighted by Crippen LogP contribution is -2.41. The number of carbonyl (C=O) groups excluding carboxylic acids is 1. The van der Waals surface area contributed by atoms with E-state index in [0.29, 0.717) is 12.8 Å². The third kappa shape index (κ3) is 2.69. The average molecular weight is 291 g/mol. The molecule has 0 radical (unpaired) electrons. The van der Waals surface area contributed by atoms with Gasteiger partial charge in [-0.15, -0.1) is 11.3 Å². The predicted octanol–water partition coefficient (Wildman–Crippen LogP) is 3.03.